The number of H-pyrrole nitrogens is 1. The maximum atomic E-state index is 13.4. The minimum Gasteiger partial charge on any atom is -0.494 e. The molecule has 1 amide bonds. The van der Waals surface area contributed by atoms with Crippen LogP contribution in [0.1, 0.15) is 37.3 Å². The monoisotopic (exact) mass is 642 g/mol. The van der Waals surface area contributed by atoms with Crippen LogP contribution in [0, 0.1) is 0 Å². The normalized spacial score (nSPS) is 14.8. The van der Waals surface area contributed by atoms with E-state index in [9.17, 15) is 23.1 Å². The molecule has 0 radical (unpaired) electrons. The van der Waals surface area contributed by atoms with E-state index in [1.807, 2.05) is 24.3 Å². The lowest BCUT2D eigenvalue weighted by Crippen LogP contribution is -2.40. The van der Waals surface area contributed by atoms with Crippen molar-refractivity contribution in [2.75, 3.05) is 38.6 Å². The van der Waals surface area contributed by atoms with E-state index in [1.165, 1.54) is 11.3 Å². The van der Waals surface area contributed by atoms with Gasteiger partial charge in [0, 0.05) is 25.2 Å². The van der Waals surface area contributed by atoms with Crippen LogP contribution in [0.2, 0.25) is 0 Å². The van der Waals surface area contributed by atoms with Crippen LogP contribution in [0.5, 0.6) is 5.88 Å². The first-order chi connectivity index (χ1) is 20.7. The number of nitrogens with two attached hydrogens (primary N) is 1. The Kier molecular flexibility index (Phi) is 8.11. The largest absolute Gasteiger partial charge is 0.494 e. The summed E-state index contributed by atoms with van der Waals surface area (Å²) in [6.45, 7) is 2.09. The number of hydrogen-bond acceptors (Lipinski definition) is 13. The van der Waals surface area contributed by atoms with Gasteiger partial charge in [0.15, 0.2) is 15.1 Å². The van der Waals surface area contributed by atoms with Gasteiger partial charge in [0.2, 0.25) is 17.7 Å². The fraction of sp³-hybridized carbons (Fsp3) is 0.296. The number of nitrogens with zero attached hydrogens (tertiary/aromatic N) is 4. The smallest absolute Gasteiger partial charge is 0.307 e. The third-order valence-electron chi connectivity index (χ3n) is 6.87. The Labute approximate surface area is 252 Å². The van der Waals surface area contributed by atoms with Gasteiger partial charge in [-0.05, 0) is 35.4 Å². The summed E-state index contributed by atoms with van der Waals surface area (Å²) in [5, 5.41) is 16.7. The molecule has 4 N–H and O–H groups in total. The fourth-order valence-corrected chi connectivity index (χ4v) is 8.34. The van der Waals surface area contributed by atoms with Crippen molar-refractivity contribution in [2.24, 2.45) is 5.73 Å². The van der Waals surface area contributed by atoms with Gasteiger partial charge in [0.1, 0.15) is 5.01 Å². The summed E-state index contributed by atoms with van der Waals surface area (Å²) in [5.74, 6) is -0.806. The summed E-state index contributed by atoms with van der Waals surface area (Å²) in [6, 6.07) is 13.0. The first kappa shape index (κ1) is 29.1. The van der Waals surface area contributed by atoms with Crippen molar-refractivity contribution < 1.29 is 27.5 Å². The molecular weight excluding hydrogens is 617 g/mol. The predicted molar refractivity (Wildman–Crippen MR) is 160 cm³/mol. The van der Waals surface area contributed by atoms with Crippen LogP contribution in [-0.4, -0.2) is 83.1 Å². The molecule has 6 rings (SSSR count). The molecule has 13 nitrogen and oxygen atoms in total. The SMILES string of the molecule is NCCS(=O)(=O)C(c1nnc(Cc2sc(=O)[nH]c2O)o1)c1nc2ccc(-c3ccc(C(=O)N4CCOCC4)cc3)cc2s1. The molecule has 2 aromatic carbocycles. The fourth-order valence-electron chi connectivity index (χ4n) is 4.74. The number of fused-ring (bicyclic) bond motifs is 1. The average molecular weight is 643 g/mol. The maximum Gasteiger partial charge on any atom is 0.307 e. The quantitative estimate of drug-likeness (QED) is 0.214. The van der Waals surface area contributed by atoms with Crippen LogP contribution in [0.25, 0.3) is 21.3 Å². The molecule has 1 saturated heterocycles. The van der Waals surface area contributed by atoms with E-state index < -0.39 is 20.0 Å². The highest BCUT2D eigenvalue weighted by molar-refractivity contribution is 7.92. The number of aromatic hydroxyl groups is 1. The Balaban J connectivity index is 1.29. The number of ether oxygens (including phenoxy) is 1. The number of morpholine rings is 1. The molecule has 3 aromatic heterocycles. The summed E-state index contributed by atoms with van der Waals surface area (Å²) in [7, 11) is -3.89. The summed E-state index contributed by atoms with van der Waals surface area (Å²) in [4.78, 5) is 32.8. The van der Waals surface area contributed by atoms with Crippen molar-refractivity contribution in [1.82, 2.24) is 25.1 Å². The number of hydrogen-bond donors (Lipinski definition) is 3. The lowest BCUT2D eigenvalue weighted by molar-refractivity contribution is 0.0303. The molecule has 1 atom stereocenters. The highest BCUT2D eigenvalue weighted by atomic mass is 32.2. The number of aromatic amines is 1. The predicted octanol–water partition coefficient (Wildman–Crippen LogP) is 2.33. The molecule has 0 bridgehead atoms. The molecule has 224 valence electrons. The second kappa shape index (κ2) is 12.0. The van der Waals surface area contributed by atoms with Gasteiger partial charge >= 0.3 is 4.87 Å². The zero-order chi connectivity index (χ0) is 30.1. The lowest BCUT2D eigenvalue weighted by Gasteiger charge is -2.26. The van der Waals surface area contributed by atoms with Crippen LogP contribution in [0.15, 0.2) is 51.7 Å². The summed E-state index contributed by atoms with van der Waals surface area (Å²) in [5.41, 5.74) is 8.57. The molecule has 5 aromatic rings. The minimum absolute atomic E-state index is 0.0347. The third kappa shape index (κ3) is 6.09. The Morgan fingerprint density at radius 2 is 1.84 bits per heavy atom. The van der Waals surface area contributed by atoms with Gasteiger partial charge in [0.25, 0.3) is 5.91 Å². The molecular formula is C27H26N6O7S3. The number of aromatic nitrogens is 4. The van der Waals surface area contributed by atoms with Crippen LogP contribution >= 0.6 is 22.7 Å². The van der Waals surface area contributed by atoms with Gasteiger partial charge in [0.05, 0.1) is 40.5 Å². The standard InChI is InChI=1S/C27H26N6O7S3/c28-7-12-43(37,38)22(24-32-31-21(40-24)14-20-23(34)30-27(36)42-20)25-29-18-6-5-17(13-19(18)41-25)15-1-3-16(4-2-15)26(35)33-8-10-39-11-9-33/h1-6,13,22,34H,7-12,14,28H2,(H,30,36). The maximum absolute atomic E-state index is 13.4. The highest BCUT2D eigenvalue weighted by Crippen LogP contribution is 2.37. The number of nitrogens with one attached hydrogen (secondary N) is 1. The van der Waals surface area contributed by atoms with E-state index in [-0.39, 0.29) is 52.2 Å². The van der Waals surface area contributed by atoms with Crippen LogP contribution in [0.4, 0.5) is 0 Å². The van der Waals surface area contributed by atoms with Gasteiger partial charge in [-0.1, -0.05) is 29.5 Å². The molecule has 1 unspecified atom stereocenters. The van der Waals surface area contributed by atoms with E-state index in [0.29, 0.717) is 37.4 Å². The second-order valence-electron chi connectivity index (χ2n) is 9.75. The summed E-state index contributed by atoms with van der Waals surface area (Å²) >= 11 is 1.98. The average Bonchev–Trinajstić information content (AvgIpc) is 3.71. The van der Waals surface area contributed by atoms with Gasteiger partial charge in [-0.3, -0.25) is 14.6 Å². The van der Waals surface area contributed by atoms with Crippen molar-refractivity contribution in [3.63, 3.8) is 0 Å². The van der Waals surface area contributed by atoms with E-state index in [1.54, 1.807) is 23.1 Å². The van der Waals surface area contributed by atoms with Crippen LogP contribution in [-0.2, 0) is 21.0 Å². The highest BCUT2D eigenvalue weighted by Gasteiger charge is 2.36. The number of sulfone groups is 1. The zero-order valence-corrected chi connectivity index (χ0v) is 25.0. The topological polar surface area (TPSA) is 195 Å². The molecule has 43 heavy (non-hydrogen) atoms. The Morgan fingerprint density at radius 1 is 1.09 bits per heavy atom. The molecule has 16 heteroatoms. The van der Waals surface area contributed by atoms with E-state index >= 15 is 0 Å². The second-order valence-corrected chi connectivity index (χ2v) is 14.1. The number of amides is 1. The van der Waals surface area contributed by atoms with Crippen molar-refractivity contribution in [2.45, 2.75) is 11.7 Å². The number of carbonyl (C=O) groups is 1. The van der Waals surface area contributed by atoms with Crippen molar-refractivity contribution >= 4 is 48.6 Å². The van der Waals surface area contributed by atoms with Crippen molar-refractivity contribution in [1.29, 1.82) is 0 Å². The molecule has 1 fully saturated rings. The van der Waals surface area contributed by atoms with Gasteiger partial charge in [-0.2, -0.15) is 0 Å². The molecule has 0 aliphatic carbocycles. The molecule has 0 saturated carbocycles. The number of thiazole rings is 2. The Bertz CT molecular complexity index is 1940. The third-order valence-corrected chi connectivity index (χ3v) is 10.9. The lowest BCUT2D eigenvalue weighted by atomic mass is 10.0. The molecule has 4 heterocycles. The molecule has 0 spiro atoms. The first-order valence-electron chi connectivity index (χ1n) is 13.2. The number of benzene rings is 2. The minimum atomic E-state index is -3.89. The molecule has 1 aliphatic rings. The van der Waals surface area contributed by atoms with Crippen LogP contribution in [0.3, 0.4) is 0 Å². The summed E-state index contributed by atoms with van der Waals surface area (Å²) in [6.07, 6.45) is -0.0497. The van der Waals surface area contributed by atoms with Gasteiger partial charge in [-0.25, -0.2) is 13.4 Å². The van der Waals surface area contributed by atoms with E-state index in [0.717, 1.165) is 27.2 Å². The van der Waals surface area contributed by atoms with Crippen molar-refractivity contribution in [3.05, 3.63) is 79.4 Å². The van der Waals surface area contributed by atoms with Crippen LogP contribution < -0.4 is 10.6 Å². The number of carbonyl (C=O) groups excluding carboxylic acids is 1. The van der Waals surface area contributed by atoms with E-state index in [2.05, 4.69) is 20.2 Å². The summed E-state index contributed by atoms with van der Waals surface area (Å²) < 4.78 is 38.5. The van der Waals surface area contributed by atoms with Crippen molar-refractivity contribution in [3.8, 4) is 17.0 Å². The Hall–Kier alpha value is -3.96. The van der Waals surface area contributed by atoms with Gasteiger partial charge in [-0.15, -0.1) is 21.5 Å². The van der Waals surface area contributed by atoms with Gasteiger partial charge < -0.3 is 24.9 Å². The first-order valence-corrected chi connectivity index (χ1v) is 16.6. The molecule has 1 aliphatic heterocycles. The number of rotatable bonds is 9. The van der Waals surface area contributed by atoms with E-state index in [4.69, 9.17) is 14.9 Å². The zero-order valence-electron chi connectivity index (χ0n) is 22.6. The Morgan fingerprint density at radius 3 is 2.53 bits per heavy atom.